The molecule has 0 bridgehead atoms. The molecule has 6 rings (SSSR count). The molecule has 0 unspecified atom stereocenters. The maximum Gasteiger partial charge on any atom is 0.336 e. The molecule has 0 saturated carbocycles. The molecule has 1 aliphatic rings. The zero-order valence-corrected chi connectivity index (χ0v) is 18.3. The van der Waals surface area contributed by atoms with Crippen LogP contribution in [-0.4, -0.2) is 25.8 Å². The summed E-state index contributed by atoms with van der Waals surface area (Å²) in [4.78, 5) is 17.1. The van der Waals surface area contributed by atoms with Crippen LogP contribution in [0.5, 0.6) is 0 Å². The number of aromatic carboxylic acids is 1. The number of rotatable bonds is 4. The Morgan fingerprint density at radius 2 is 1.56 bits per heavy atom. The number of nitrogens with zero attached hydrogens (tertiary/aromatic N) is 3. The van der Waals surface area contributed by atoms with Crippen molar-refractivity contribution in [2.75, 3.05) is 0 Å². The van der Waals surface area contributed by atoms with E-state index in [0.29, 0.717) is 22.9 Å². The van der Waals surface area contributed by atoms with Gasteiger partial charge in [0.1, 0.15) is 0 Å². The summed E-state index contributed by atoms with van der Waals surface area (Å²) in [6.45, 7) is 0. The highest BCUT2D eigenvalue weighted by Crippen LogP contribution is 2.38. The van der Waals surface area contributed by atoms with Crippen LogP contribution < -0.4 is 0 Å². The Hall–Kier alpha value is -4.51. The molecule has 0 amide bonds. The van der Waals surface area contributed by atoms with Crippen molar-refractivity contribution in [2.24, 2.45) is 0 Å². The van der Waals surface area contributed by atoms with E-state index in [2.05, 4.69) is 18.2 Å². The normalized spacial score (nSPS) is 13.9. The molecule has 5 aromatic rings. The maximum atomic E-state index is 12.2. The highest BCUT2D eigenvalue weighted by molar-refractivity contribution is 6.06. The molecule has 2 aromatic heterocycles. The molecule has 0 atom stereocenters. The summed E-state index contributed by atoms with van der Waals surface area (Å²) in [6, 6.07) is 27.6. The Labute approximate surface area is 196 Å². The number of pyridine rings is 1. The summed E-state index contributed by atoms with van der Waals surface area (Å²) >= 11 is 0. The van der Waals surface area contributed by atoms with Crippen molar-refractivity contribution in [1.29, 1.82) is 0 Å². The Morgan fingerprint density at radius 1 is 0.853 bits per heavy atom. The summed E-state index contributed by atoms with van der Waals surface area (Å²) in [7, 11) is 0. The second kappa shape index (κ2) is 8.12. The Morgan fingerprint density at radius 3 is 2.32 bits per heavy atom. The summed E-state index contributed by atoms with van der Waals surface area (Å²) in [6.07, 6.45) is 5.55. The number of fused-ring (bicyclic) bond motifs is 2. The lowest BCUT2D eigenvalue weighted by atomic mass is 10.0. The molecule has 1 N–H and O–H groups in total. The predicted octanol–water partition coefficient (Wildman–Crippen LogP) is 6.27. The number of carboxylic acid groups (broad SMARTS) is 1. The number of hydrogen-bond donors (Lipinski definition) is 1. The van der Waals surface area contributed by atoms with Crippen molar-refractivity contribution >= 4 is 28.5 Å². The van der Waals surface area contributed by atoms with E-state index in [1.165, 1.54) is 0 Å². The van der Waals surface area contributed by atoms with Crippen molar-refractivity contribution in [2.45, 2.75) is 12.8 Å². The Bertz CT molecular complexity index is 1570. The van der Waals surface area contributed by atoms with Crippen LogP contribution in [0.1, 0.15) is 33.6 Å². The van der Waals surface area contributed by atoms with Crippen LogP contribution in [0.4, 0.5) is 0 Å². The lowest BCUT2D eigenvalue weighted by Gasteiger charge is -2.09. The quantitative estimate of drug-likeness (QED) is 0.355. The first-order valence-corrected chi connectivity index (χ1v) is 11.3. The second-order valence-corrected chi connectivity index (χ2v) is 8.39. The average Bonchev–Trinajstić information content (AvgIpc) is 3.48. The van der Waals surface area contributed by atoms with Gasteiger partial charge in [0.15, 0.2) is 0 Å². The standard InChI is InChI=1S/C29H21N3O2/c33-29(34)26-23-13-7-8-14-25(23)30-28-20(15-16-24(26)28)17-21-18-32(22-11-5-2-6-12-22)31-27(21)19-9-3-1-4-10-19/h1-14,17-18H,15-16H2,(H,33,34)/b20-17+. The number of para-hydroxylation sites is 2. The van der Waals surface area contributed by atoms with Gasteiger partial charge in [0, 0.05) is 22.7 Å². The van der Waals surface area contributed by atoms with Crippen molar-refractivity contribution in [3.8, 4) is 16.9 Å². The molecular formula is C29H21N3O2. The van der Waals surface area contributed by atoms with Gasteiger partial charge in [-0.05, 0) is 48.3 Å². The maximum absolute atomic E-state index is 12.2. The molecule has 5 heteroatoms. The number of allylic oxidation sites excluding steroid dienone is 1. The van der Waals surface area contributed by atoms with Crippen molar-refractivity contribution in [1.82, 2.24) is 14.8 Å². The fraction of sp³-hybridized carbons (Fsp3) is 0.0690. The van der Waals surface area contributed by atoms with Crippen LogP contribution >= 0.6 is 0 Å². The van der Waals surface area contributed by atoms with Gasteiger partial charge >= 0.3 is 5.97 Å². The topological polar surface area (TPSA) is 68.0 Å². The van der Waals surface area contributed by atoms with E-state index in [9.17, 15) is 9.90 Å². The van der Waals surface area contributed by atoms with Crippen LogP contribution in [-0.2, 0) is 6.42 Å². The van der Waals surface area contributed by atoms with Crippen LogP contribution in [0, 0.1) is 0 Å². The first-order valence-electron chi connectivity index (χ1n) is 11.3. The minimum atomic E-state index is -0.905. The molecule has 3 aromatic carbocycles. The minimum Gasteiger partial charge on any atom is -0.478 e. The van der Waals surface area contributed by atoms with E-state index in [-0.39, 0.29) is 0 Å². The lowest BCUT2D eigenvalue weighted by Crippen LogP contribution is -2.05. The van der Waals surface area contributed by atoms with E-state index in [0.717, 1.165) is 45.8 Å². The monoisotopic (exact) mass is 443 g/mol. The van der Waals surface area contributed by atoms with Gasteiger partial charge in [0.25, 0.3) is 0 Å². The predicted molar refractivity (Wildman–Crippen MR) is 134 cm³/mol. The molecule has 164 valence electrons. The SMILES string of the molecule is O=C(O)c1c2c(nc3ccccc13)/C(=C/c1cn(-c3ccccc3)nc1-c1ccccc1)CC2. The van der Waals surface area contributed by atoms with E-state index in [1.807, 2.05) is 83.7 Å². The molecule has 0 spiro atoms. The number of aromatic nitrogens is 3. The van der Waals surface area contributed by atoms with Gasteiger partial charge in [-0.3, -0.25) is 0 Å². The first kappa shape index (κ1) is 20.1. The summed E-state index contributed by atoms with van der Waals surface area (Å²) in [5.74, 6) is -0.905. The summed E-state index contributed by atoms with van der Waals surface area (Å²) in [5.41, 5.74) is 7.56. The number of hydrogen-bond acceptors (Lipinski definition) is 3. The van der Waals surface area contributed by atoms with Crippen molar-refractivity contribution in [3.05, 3.63) is 114 Å². The van der Waals surface area contributed by atoms with Crippen molar-refractivity contribution < 1.29 is 9.90 Å². The van der Waals surface area contributed by atoms with E-state index in [4.69, 9.17) is 10.1 Å². The largest absolute Gasteiger partial charge is 0.478 e. The fourth-order valence-corrected chi connectivity index (χ4v) is 4.74. The van der Waals surface area contributed by atoms with Gasteiger partial charge in [-0.25, -0.2) is 14.5 Å². The number of benzene rings is 3. The Kier molecular flexibility index (Phi) is 4.81. The van der Waals surface area contributed by atoms with Crippen molar-refractivity contribution in [3.63, 3.8) is 0 Å². The highest BCUT2D eigenvalue weighted by atomic mass is 16.4. The third-order valence-electron chi connectivity index (χ3n) is 6.30. The van der Waals surface area contributed by atoms with Gasteiger partial charge in [-0.2, -0.15) is 5.10 Å². The highest BCUT2D eigenvalue weighted by Gasteiger charge is 2.27. The third kappa shape index (κ3) is 3.39. The molecule has 2 heterocycles. The van der Waals surface area contributed by atoms with E-state index < -0.39 is 5.97 Å². The van der Waals surface area contributed by atoms with E-state index >= 15 is 0 Å². The van der Waals surface area contributed by atoms with E-state index in [1.54, 1.807) is 0 Å². The van der Waals surface area contributed by atoms with Crippen LogP contribution in [0.15, 0.2) is 91.1 Å². The Balaban J connectivity index is 1.54. The van der Waals surface area contributed by atoms with Gasteiger partial charge in [0.2, 0.25) is 0 Å². The average molecular weight is 444 g/mol. The van der Waals surface area contributed by atoms with Crippen LogP contribution in [0.2, 0.25) is 0 Å². The second-order valence-electron chi connectivity index (χ2n) is 8.39. The lowest BCUT2D eigenvalue weighted by molar-refractivity contribution is 0.0698. The summed E-state index contributed by atoms with van der Waals surface area (Å²) < 4.78 is 1.89. The van der Waals surface area contributed by atoms with Gasteiger partial charge in [0.05, 0.1) is 28.2 Å². The molecular weight excluding hydrogens is 422 g/mol. The number of carboxylic acids is 1. The summed E-state index contributed by atoms with van der Waals surface area (Å²) in [5, 5.41) is 15.6. The van der Waals surface area contributed by atoms with Gasteiger partial charge in [-0.15, -0.1) is 0 Å². The molecule has 0 saturated heterocycles. The zero-order valence-electron chi connectivity index (χ0n) is 18.3. The molecule has 0 fully saturated rings. The number of carbonyl (C=O) groups is 1. The van der Waals surface area contributed by atoms with Crippen LogP contribution in [0.3, 0.4) is 0 Å². The minimum absolute atomic E-state index is 0.368. The smallest absolute Gasteiger partial charge is 0.336 e. The molecule has 5 nitrogen and oxygen atoms in total. The third-order valence-corrected chi connectivity index (χ3v) is 6.30. The van der Waals surface area contributed by atoms with Gasteiger partial charge in [-0.1, -0.05) is 66.7 Å². The first-order chi connectivity index (χ1) is 16.7. The van der Waals surface area contributed by atoms with Crippen LogP contribution in [0.25, 0.3) is 39.5 Å². The van der Waals surface area contributed by atoms with Gasteiger partial charge < -0.3 is 5.11 Å². The molecule has 0 radical (unpaired) electrons. The molecule has 0 aliphatic heterocycles. The zero-order chi connectivity index (χ0) is 23.1. The fourth-order valence-electron chi connectivity index (χ4n) is 4.74. The molecule has 34 heavy (non-hydrogen) atoms. The molecule has 1 aliphatic carbocycles.